The summed E-state index contributed by atoms with van der Waals surface area (Å²) in [6, 6.07) is 3.56. The predicted octanol–water partition coefficient (Wildman–Crippen LogP) is 1.29. The molecule has 16 heavy (non-hydrogen) atoms. The zero-order valence-corrected chi connectivity index (χ0v) is 8.84. The molecule has 86 valence electrons. The third kappa shape index (κ3) is 1.90. The predicted molar refractivity (Wildman–Crippen MR) is 56.2 cm³/mol. The monoisotopic (exact) mass is 226 g/mol. The summed E-state index contributed by atoms with van der Waals surface area (Å²) >= 11 is 0. The van der Waals surface area contributed by atoms with E-state index in [-0.39, 0.29) is 11.9 Å². The number of carbonyl (C=O) groups is 1. The van der Waals surface area contributed by atoms with E-state index in [2.05, 4.69) is 5.32 Å². The zero-order chi connectivity index (χ0) is 11.7. The van der Waals surface area contributed by atoms with Crippen LogP contribution in [0.4, 0.5) is 14.5 Å². The molecule has 5 heteroatoms. The van der Waals surface area contributed by atoms with Crippen LogP contribution in [0.3, 0.4) is 0 Å². The lowest BCUT2D eigenvalue weighted by molar-refractivity contribution is -0.117. The summed E-state index contributed by atoms with van der Waals surface area (Å²) in [6.07, 6.45) is 0.384. The molecule has 0 bridgehead atoms. The highest BCUT2D eigenvalue weighted by molar-refractivity contribution is 5.96. The van der Waals surface area contributed by atoms with E-state index in [4.69, 9.17) is 0 Å². The van der Waals surface area contributed by atoms with Crippen LogP contribution in [0.1, 0.15) is 6.42 Å². The smallest absolute Gasteiger partial charge is 0.228 e. The standard InChI is InChI=1S/C11H12F2N2O/c1-14-7-4-11(16)15(6-7)8-2-3-9(12)10(13)5-8/h2-3,5,7,14H,4,6H2,1H3. The maximum absolute atomic E-state index is 13.0. The van der Waals surface area contributed by atoms with Gasteiger partial charge in [-0.05, 0) is 19.2 Å². The van der Waals surface area contributed by atoms with Crippen LogP contribution in [0.15, 0.2) is 18.2 Å². The number of carbonyl (C=O) groups excluding carboxylic acids is 1. The lowest BCUT2D eigenvalue weighted by atomic mass is 10.2. The minimum atomic E-state index is -0.932. The van der Waals surface area contributed by atoms with Crippen molar-refractivity contribution in [3.05, 3.63) is 29.8 Å². The average Bonchev–Trinajstić information content (AvgIpc) is 2.64. The summed E-state index contributed by atoms with van der Waals surface area (Å²) in [5.41, 5.74) is 0.404. The molecule has 1 saturated heterocycles. The van der Waals surface area contributed by atoms with E-state index in [1.165, 1.54) is 11.0 Å². The summed E-state index contributed by atoms with van der Waals surface area (Å²) in [4.78, 5) is 13.1. The molecule has 1 heterocycles. The second kappa shape index (κ2) is 4.17. The minimum Gasteiger partial charge on any atom is -0.315 e. The molecule has 1 unspecified atom stereocenters. The highest BCUT2D eigenvalue weighted by Crippen LogP contribution is 2.23. The number of hydrogen-bond acceptors (Lipinski definition) is 2. The van der Waals surface area contributed by atoms with Crippen LogP contribution in [0.5, 0.6) is 0 Å². The fourth-order valence-corrected chi connectivity index (χ4v) is 1.80. The maximum Gasteiger partial charge on any atom is 0.228 e. The number of nitrogens with one attached hydrogen (secondary N) is 1. The Morgan fingerprint density at radius 3 is 2.69 bits per heavy atom. The number of anilines is 1. The highest BCUT2D eigenvalue weighted by Gasteiger charge is 2.29. The van der Waals surface area contributed by atoms with Gasteiger partial charge in [-0.15, -0.1) is 0 Å². The van der Waals surface area contributed by atoms with Gasteiger partial charge in [0.1, 0.15) is 0 Å². The number of benzene rings is 1. The van der Waals surface area contributed by atoms with Gasteiger partial charge in [-0.2, -0.15) is 0 Å². The largest absolute Gasteiger partial charge is 0.315 e. The lowest BCUT2D eigenvalue weighted by Crippen LogP contribution is -2.30. The molecule has 1 atom stereocenters. The highest BCUT2D eigenvalue weighted by atomic mass is 19.2. The summed E-state index contributed by atoms with van der Waals surface area (Å²) in [5.74, 6) is -1.91. The van der Waals surface area contributed by atoms with Crippen LogP contribution in [-0.4, -0.2) is 25.5 Å². The van der Waals surface area contributed by atoms with Crippen molar-refractivity contribution in [1.29, 1.82) is 0 Å². The Hall–Kier alpha value is -1.49. The molecule has 3 nitrogen and oxygen atoms in total. The zero-order valence-electron chi connectivity index (χ0n) is 8.84. The van der Waals surface area contributed by atoms with Crippen LogP contribution in [0.2, 0.25) is 0 Å². The van der Waals surface area contributed by atoms with Gasteiger partial charge in [0, 0.05) is 30.8 Å². The molecule has 0 aromatic heterocycles. The minimum absolute atomic E-state index is 0.0700. The summed E-state index contributed by atoms with van der Waals surface area (Å²) < 4.78 is 25.7. The Labute approximate surface area is 92.1 Å². The molecule has 0 radical (unpaired) electrons. The quantitative estimate of drug-likeness (QED) is 0.824. The van der Waals surface area contributed by atoms with Crippen molar-refractivity contribution in [3.63, 3.8) is 0 Å². The van der Waals surface area contributed by atoms with Crippen LogP contribution >= 0.6 is 0 Å². The van der Waals surface area contributed by atoms with E-state index in [9.17, 15) is 13.6 Å². The second-order valence-corrected chi connectivity index (χ2v) is 3.79. The van der Waals surface area contributed by atoms with Gasteiger partial charge in [-0.3, -0.25) is 4.79 Å². The van der Waals surface area contributed by atoms with Crippen molar-refractivity contribution < 1.29 is 13.6 Å². The van der Waals surface area contributed by atoms with Gasteiger partial charge < -0.3 is 10.2 Å². The SMILES string of the molecule is CNC1CC(=O)N(c2ccc(F)c(F)c2)C1. The molecule has 1 aliphatic rings. The molecule has 1 aliphatic heterocycles. The van der Waals surface area contributed by atoms with Crippen molar-refractivity contribution in [1.82, 2.24) is 5.32 Å². The van der Waals surface area contributed by atoms with Gasteiger partial charge in [-0.1, -0.05) is 0 Å². The van der Waals surface area contributed by atoms with Gasteiger partial charge in [0.2, 0.25) is 5.91 Å². The third-order valence-corrected chi connectivity index (χ3v) is 2.75. The third-order valence-electron chi connectivity index (χ3n) is 2.75. The van der Waals surface area contributed by atoms with Crippen LogP contribution in [0.25, 0.3) is 0 Å². The molecule has 1 aromatic rings. The van der Waals surface area contributed by atoms with Crippen LogP contribution in [-0.2, 0) is 4.79 Å². The molecule has 1 amide bonds. The molecule has 1 fully saturated rings. The van der Waals surface area contributed by atoms with Crippen molar-refractivity contribution in [2.24, 2.45) is 0 Å². The van der Waals surface area contributed by atoms with Crippen molar-refractivity contribution >= 4 is 11.6 Å². The number of rotatable bonds is 2. The number of halogens is 2. The average molecular weight is 226 g/mol. The fraction of sp³-hybridized carbons (Fsp3) is 0.364. The lowest BCUT2D eigenvalue weighted by Gasteiger charge is -2.16. The van der Waals surface area contributed by atoms with Crippen LogP contribution < -0.4 is 10.2 Å². The molecule has 0 saturated carbocycles. The number of likely N-dealkylation sites (N-methyl/N-ethyl adjacent to an activating group) is 1. The molecular formula is C11H12F2N2O. The van der Waals surface area contributed by atoms with E-state index in [1.807, 2.05) is 0 Å². The number of hydrogen-bond donors (Lipinski definition) is 1. The maximum atomic E-state index is 13.0. The van der Waals surface area contributed by atoms with Gasteiger partial charge >= 0.3 is 0 Å². The summed E-state index contributed by atoms with van der Waals surface area (Å²) in [5, 5.41) is 2.99. The van der Waals surface area contributed by atoms with E-state index >= 15 is 0 Å². The van der Waals surface area contributed by atoms with Crippen molar-refractivity contribution in [2.45, 2.75) is 12.5 Å². The second-order valence-electron chi connectivity index (χ2n) is 3.79. The molecule has 0 aliphatic carbocycles. The Morgan fingerprint density at radius 1 is 1.38 bits per heavy atom. The number of amides is 1. The molecule has 2 rings (SSSR count). The molecule has 1 N–H and O–H groups in total. The summed E-state index contributed by atoms with van der Waals surface area (Å²) in [7, 11) is 1.77. The number of nitrogens with zero attached hydrogens (tertiary/aromatic N) is 1. The van der Waals surface area contributed by atoms with E-state index in [1.54, 1.807) is 7.05 Å². The topological polar surface area (TPSA) is 32.3 Å². The first-order chi connectivity index (χ1) is 7.61. The fourth-order valence-electron chi connectivity index (χ4n) is 1.80. The van der Waals surface area contributed by atoms with Gasteiger partial charge in [0.05, 0.1) is 0 Å². The van der Waals surface area contributed by atoms with E-state index < -0.39 is 11.6 Å². The Kier molecular flexibility index (Phi) is 2.87. The Balaban J connectivity index is 2.24. The Morgan fingerprint density at radius 2 is 2.12 bits per heavy atom. The van der Waals surface area contributed by atoms with E-state index in [0.717, 1.165) is 12.1 Å². The summed E-state index contributed by atoms with van der Waals surface area (Å²) in [6.45, 7) is 0.487. The first-order valence-corrected chi connectivity index (χ1v) is 5.04. The van der Waals surface area contributed by atoms with Crippen molar-refractivity contribution in [2.75, 3.05) is 18.5 Å². The molecular weight excluding hydrogens is 214 g/mol. The van der Waals surface area contributed by atoms with Crippen molar-refractivity contribution in [3.8, 4) is 0 Å². The van der Waals surface area contributed by atoms with Gasteiger partial charge in [0.15, 0.2) is 11.6 Å². The van der Waals surface area contributed by atoms with Gasteiger partial charge in [0.25, 0.3) is 0 Å². The molecule has 1 aromatic carbocycles. The first-order valence-electron chi connectivity index (χ1n) is 5.04. The van der Waals surface area contributed by atoms with Crippen LogP contribution in [0, 0.1) is 11.6 Å². The van der Waals surface area contributed by atoms with Gasteiger partial charge in [-0.25, -0.2) is 8.78 Å². The molecule has 0 spiro atoms. The first kappa shape index (κ1) is 11.0. The Bertz CT molecular complexity index is 422. The normalized spacial score (nSPS) is 20.6. The van der Waals surface area contributed by atoms with E-state index in [0.29, 0.717) is 18.7 Å².